The van der Waals surface area contributed by atoms with E-state index in [0.717, 1.165) is 0 Å². The number of amides is 1. The summed E-state index contributed by atoms with van der Waals surface area (Å²) in [6.07, 6.45) is -0.164. The van der Waals surface area contributed by atoms with E-state index in [0.29, 0.717) is 33.5 Å². The van der Waals surface area contributed by atoms with Crippen LogP contribution in [0.5, 0.6) is 11.8 Å². The normalized spacial score (nSPS) is 11.2. The van der Waals surface area contributed by atoms with E-state index in [4.69, 9.17) is 10.5 Å². The number of hydrogen-bond acceptors (Lipinski definition) is 7. The average Bonchev–Trinajstić information content (AvgIpc) is 3.23. The Morgan fingerprint density at radius 3 is 2.59 bits per heavy atom. The van der Waals surface area contributed by atoms with Crippen LogP contribution in [0, 0.1) is 12.7 Å². The molecule has 0 saturated carbocycles. The molecule has 0 unspecified atom stereocenters. The highest BCUT2D eigenvalue weighted by Gasteiger charge is 2.26. The van der Waals surface area contributed by atoms with E-state index in [1.165, 1.54) is 49.8 Å². The number of anilines is 2. The minimum atomic E-state index is -2.91. The van der Waals surface area contributed by atoms with Crippen LogP contribution in [-0.4, -0.2) is 30.4 Å². The maximum absolute atomic E-state index is 15.4. The van der Waals surface area contributed by atoms with Gasteiger partial charge in [0.05, 0.1) is 11.1 Å². The Bertz CT molecular complexity index is 1840. The molecular weight excluding hydrogens is 535 g/mol. The van der Waals surface area contributed by atoms with Crippen molar-refractivity contribution < 1.29 is 22.7 Å². The molecule has 0 saturated heterocycles. The number of fused-ring (bicyclic) bond motifs is 1. The first-order valence-corrected chi connectivity index (χ1v) is 12.3. The molecule has 0 bridgehead atoms. The third-order valence-corrected chi connectivity index (χ3v) is 6.38. The minimum absolute atomic E-state index is 0.0273. The molecule has 3 heterocycles. The molecule has 0 aliphatic carbocycles. The predicted octanol–water partition coefficient (Wildman–Crippen LogP) is 6.37. The van der Waals surface area contributed by atoms with Crippen molar-refractivity contribution in [2.75, 3.05) is 11.1 Å². The largest absolute Gasteiger partial charge is 0.421 e. The molecule has 3 N–H and O–H groups in total. The average molecular weight is 560 g/mol. The van der Waals surface area contributed by atoms with Crippen LogP contribution in [0.2, 0.25) is 0 Å². The summed E-state index contributed by atoms with van der Waals surface area (Å²) < 4.78 is 51.4. The number of nitrogens with two attached hydrogens (primary N) is 1. The lowest BCUT2D eigenvalue weighted by Crippen LogP contribution is -2.12. The van der Waals surface area contributed by atoms with Crippen LogP contribution in [0.25, 0.3) is 33.4 Å². The van der Waals surface area contributed by atoms with E-state index in [1.807, 2.05) is 0 Å². The Balaban J connectivity index is 1.69. The van der Waals surface area contributed by atoms with Crippen molar-refractivity contribution in [3.05, 3.63) is 84.2 Å². The Morgan fingerprint density at radius 2 is 1.90 bits per heavy atom. The number of nitrogen functional groups attached to an aromatic ring is 1. The van der Waals surface area contributed by atoms with Crippen molar-refractivity contribution >= 4 is 28.4 Å². The first kappa shape index (κ1) is 27.3. The fourth-order valence-electron chi connectivity index (χ4n) is 4.46. The topological polar surface area (TPSA) is 121 Å². The zero-order valence-electron chi connectivity index (χ0n) is 22.2. The van der Waals surface area contributed by atoms with E-state index in [1.54, 1.807) is 30.7 Å². The van der Waals surface area contributed by atoms with Crippen molar-refractivity contribution in [1.82, 2.24) is 24.5 Å². The molecule has 0 aliphatic heterocycles. The van der Waals surface area contributed by atoms with Crippen molar-refractivity contribution in [3.8, 4) is 34.1 Å². The lowest BCUT2D eigenvalue weighted by Gasteiger charge is -2.16. The summed E-state index contributed by atoms with van der Waals surface area (Å²) in [6.45, 7) is 6.82. The number of carbonyl (C=O) groups is 1. The maximum Gasteiger partial charge on any atom is 0.322 e. The zero-order chi connectivity index (χ0) is 29.4. The highest BCUT2D eigenvalue weighted by molar-refractivity contribution is 6.08. The molecule has 0 fully saturated rings. The Kier molecular flexibility index (Phi) is 7.14. The number of alkyl halides is 2. The lowest BCUT2D eigenvalue weighted by atomic mass is 9.95. The van der Waals surface area contributed by atoms with Gasteiger partial charge in [0.2, 0.25) is 0 Å². The minimum Gasteiger partial charge on any atom is -0.421 e. The standard InChI is InChI=1S/C29H24F3N7O2/c1-14(2)28(40)38-17-6-7-18(19(12-17)25(31)32)24-22(23-26(33)35-13-36-27(23)39(24)4)16-5-8-21(20(30)11-16)41-29-34-10-9-15(3)37-29/h5-13,25H,1H2,2-4H3,(H,38,40)(H2,33,35,36). The number of benzene rings is 2. The van der Waals surface area contributed by atoms with Gasteiger partial charge in [-0.25, -0.2) is 33.1 Å². The van der Waals surface area contributed by atoms with Gasteiger partial charge in [-0.05, 0) is 49.7 Å². The van der Waals surface area contributed by atoms with Crippen LogP contribution < -0.4 is 15.8 Å². The van der Waals surface area contributed by atoms with Crippen LogP contribution in [0.3, 0.4) is 0 Å². The molecule has 41 heavy (non-hydrogen) atoms. The van der Waals surface area contributed by atoms with E-state index in [2.05, 4.69) is 31.8 Å². The molecule has 0 spiro atoms. The van der Waals surface area contributed by atoms with Crippen molar-refractivity contribution in [2.24, 2.45) is 7.05 Å². The number of ether oxygens (including phenoxy) is 1. The third-order valence-electron chi connectivity index (χ3n) is 6.38. The van der Waals surface area contributed by atoms with Crippen molar-refractivity contribution in [1.29, 1.82) is 0 Å². The molecule has 9 nitrogen and oxygen atoms in total. The summed E-state index contributed by atoms with van der Waals surface area (Å²) in [6, 6.07) is 9.97. The van der Waals surface area contributed by atoms with Crippen molar-refractivity contribution in [3.63, 3.8) is 0 Å². The van der Waals surface area contributed by atoms with E-state index >= 15 is 4.39 Å². The summed E-state index contributed by atoms with van der Waals surface area (Å²) in [5.41, 5.74) is 8.38. The fourth-order valence-corrected chi connectivity index (χ4v) is 4.46. The van der Waals surface area contributed by atoms with E-state index in [-0.39, 0.29) is 40.0 Å². The summed E-state index contributed by atoms with van der Waals surface area (Å²) in [5, 5.41) is 2.92. The smallest absolute Gasteiger partial charge is 0.322 e. The summed E-state index contributed by atoms with van der Waals surface area (Å²) in [7, 11) is 1.64. The molecule has 1 amide bonds. The van der Waals surface area contributed by atoms with Gasteiger partial charge < -0.3 is 20.4 Å². The molecule has 208 valence electrons. The van der Waals surface area contributed by atoms with Gasteiger partial charge in [0.15, 0.2) is 11.6 Å². The monoisotopic (exact) mass is 559 g/mol. The van der Waals surface area contributed by atoms with Gasteiger partial charge in [0, 0.05) is 46.9 Å². The van der Waals surface area contributed by atoms with Crippen LogP contribution in [0.1, 0.15) is 24.6 Å². The third kappa shape index (κ3) is 5.19. The number of carbonyl (C=O) groups excluding carboxylic acids is 1. The predicted molar refractivity (Wildman–Crippen MR) is 149 cm³/mol. The van der Waals surface area contributed by atoms with Crippen LogP contribution >= 0.6 is 0 Å². The second-order valence-electron chi connectivity index (χ2n) is 9.31. The number of aryl methyl sites for hydroxylation is 2. The van der Waals surface area contributed by atoms with Gasteiger partial charge in [0.1, 0.15) is 17.8 Å². The number of hydrogen-bond donors (Lipinski definition) is 2. The van der Waals surface area contributed by atoms with E-state index in [9.17, 15) is 13.6 Å². The Hall–Kier alpha value is -5.26. The molecule has 12 heteroatoms. The molecule has 5 rings (SSSR count). The second-order valence-corrected chi connectivity index (χ2v) is 9.31. The highest BCUT2D eigenvalue weighted by atomic mass is 19.3. The molecule has 3 aromatic heterocycles. The Labute approximate surface area is 232 Å². The Morgan fingerprint density at radius 1 is 1.12 bits per heavy atom. The first-order valence-electron chi connectivity index (χ1n) is 12.3. The van der Waals surface area contributed by atoms with Crippen LogP contribution in [0.15, 0.2) is 67.1 Å². The summed E-state index contributed by atoms with van der Waals surface area (Å²) in [4.78, 5) is 28.6. The number of nitrogens with zero attached hydrogens (tertiary/aromatic N) is 5. The molecule has 5 aromatic rings. The van der Waals surface area contributed by atoms with Crippen LogP contribution in [0.4, 0.5) is 24.7 Å². The number of aromatic nitrogens is 5. The number of nitrogens with one attached hydrogen (secondary N) is 1. The molecule has 0 atom stereocenters. The highest BCUT2D eigenvalue weighted by Crippen LogP contribution is 2.45. The van der Waals surface area contributed by atoms with Gasteiger partial charge in [-0.15, -0.1) is 0 Å². The van der Waals surface area contributed by atoms with Crippen LogP contribution in [-0.2, 0) is 11.8 Å². The van der Waals surface area contributed by atoms with Crippen molar-refractivity contribution in [2.45, 2.75) is 20.3 Å². The van der Waals surface area contributed by atoms with Gasteiger partial charge in [0.25, 0.3) is 12.3 Å². The maximum atomic E-state index is 15.4. The van der Waals surface area contributed by atoms with E-state index < -0.39 is 18.1 Å². The molecule has 0 aliphatic rings. The molecule has 0 radical (unpaired) electrons. The fraction of sp³-hybridized carbons (Fsp3) is 0.138. The SMILES string of the molecule is C=C(C)C(=O)Nc1ccc(-c2c(-c3ccc(Oc4nccc(C)n4)c(F)c3)c3c(N)ncnc3n2C)c(C(F)F)c1. The summed E-state index contributed by atoms with van der Waals surface area (Å²) >= 11 is 0. The second kappa shape index (κ2) is 10.7. The van der Waals surface area contributed by atoms with Gasteiger partial charge >= 0.3 is 6.01 Å². The summed E-state index contributed by atoms with van der Waals surface area (Å²) in [5.74, 6) is -1.28. The number of halogens is 3. The number of rotatable bonds is 7. The van der Waals surface area contributed by atoms with Gasteiger partial charge in [-0.1, -0.05) is 18.7 Å². The quantitative estimate of drug-likeness (QED) is 0.222. The lowest BCUT2D eigenvalue weighted by molar-refractivity contribution is -0.112. The first-order chi connectivity index (χ1) is 19.5. The zero-order valence-corrected chi connectivity index (χ0v) is 22.2. The van der Waals surface area contributed by atoms with Gasteiger partial charge in [-0.2, -0.15) is 0 Å². The van der Waals surface area contributed by atoms with Gasteiger partial charge in [-0.3, -0.25) is 4.79 Å². The molecular formula is C29H24F3N7O2. The molecule has 2 aromatic carbocycles.